The van der Waals surface area contributed by atoms with Gasteiger partial charge in [0.25, 0.3) is 0 Å². The zero-order chi connectivity index (χ0) is 19.1. The number of nitrogens with two attached hydrogens (primary N) is 2. The maximum Gasteiger partial charge on any atom is 0.0597 e. The fourth-order valence-electron chi connectivity index (χ4n) is 4.16. The summed E-state index contributed by atoms with van der Waals surface area (Å²) >= 11 is 6.48. The van der Waals surface area contributed by atoms with Gasteiger partial charge in [-0.3, -0.25) is 4.90 Å². The minimum atomic E-state index is 0.544. The van der Waals surface area contributed by atoms with E-state index in [0.29, 0.717) is 17.8 Å². The van der Waals surface area contributed by atoms with E-state index in [0.717, 1.165) is 36.8 Å². The number of likely N-dealkylation sites (tertiary alicyclic amines) is 1. The monoisotopic (exact) mass is 381 g/mol. The Kier molecular flexibility index (Phi) is 8.32. The standard InChI is InChI=1S/C20H36ClN5/c1-4-17-15-25(20(19(21)5-2)13-16(23)14-22)11-12-26(17)18-7-9-24(6-3)10-8-18/h5,13-14,17-18H,4,6-12,15,22-23H2,1-3H3/b16-14-,19-5+,20-13+. The fraction of sp³-hybridized carbons (Fsp3) is 0.700. The molecule has 2 heterocycles. The van der Waals surface area contributed by atoms with Gasteiger partial charge >= 0.3 is 0 Å². The van der Waals surface area contributed by atoms with Gasteiger partial charge in [0.05, 0.1) is 10.7 Å². The van der Waals surface area contributed by atoms with E-state index in [1.165, 1.54) is 38.7 Å². The third-order valence-electron chi connectivity index (χ3n) is 5.81. The van der Waals surface area contributed by atoms with E-state index in [1.807, 2.05) is 19.1 Å². The molecule has 26 heavy (non-hydrogen) atoms. The Bertz CT molecular complexity index is 534. The van der Waals surface area contributed by atoms with Crippen molar-refractivity contribution in [2.45, 2.75) is 52.1 Å². The van der Waals surface area contributed by atoms with Gasteiger partial charge in [-0.15, -0.1) is 0 Å². The van der Waals surface area contributed by atoms with Gasteiger partial charge in [0.2, 0.25) is 0 Å². The van der Waals surface area contributed by atoms with Crippen molar-refractivity contribution < 1.29 is 0 Å². The molecule has 0 aromatic rings. The van der Waals surface area contributed by atoms with Crippen LogP contribution in [0.5, 0.6) is 0 Å². The lowest BCUT2D eigenvalue weighted by Crippen LogP contribution is -2.58. The Balaban J connectivity index is 2.09. The first-order chi connectivity index (χ1) is 12.5. The highest BCUT2D eigenvalue weighted by Gasteiger charge is 2.33. The summed E-state index contributed by atoms with van der Waals surface area (Å²) < 4.78 is 0. The van der Waals surface area contributed by atoms with Gasteiger partial charge in [-0.25, -0.2) is 0 Å². The molecule has 0 amide bonds. The van der Waals surface area contributed by atoms with Crippen LogP contribution in [0.3, 0.4) is 0 Å². The van der Waals surface area contributed by atoms with Crippen LogP contribution < -0.4 is 11.5 Å². The molecule has 0 aliphatic carbocycles. The van der Waals surface area contributed by atoms with Gasteiger partial charge in [-0.2, -0.15) is 0 Å². The van der Waals surface area contributed by atoms with Gasteiger partial charge in [0, 0.05) is 43.6 Å². The van der Waals surface area contributed by atoms with Crippen LogP contribution >= 0.6 is 11.6 Å². The van der Waals surface area contributed by atoms with E-state index < -0.39 is 0 Å². The van der Waals surface area contributed by atoms with Crippen LogP contribution in [0.15, 0.2) is 34.8 Å². The molecule has 1 atom stereocenters. The first-order valence-corrected chi connectivity index (χ1v) is 10.4. The van der Waals surface area contributed by atoms with E-state index in [-0.39, 0.29) is 0 Å². The maximum atomic E-state index is 6.48. The minimum Gasteiger partial charge on any atom is -0.403 e. The highest BCUT2D eigenvalue weighted by molar-refractivity contribution is 6.31. The van der Waals surface area contributed by atoms with Crippen LogP contribution in [0, 0.1) is 0 Å². The molecule has 6 heteroatoms. The van der Waals surface area contributed by atoms with Crippen LogP contribution in [-0.2, 0) is 0 Å². The number of hydrogen-bond donors (Lipinski definition) is 2. The summed E-state index contributed by atoms with van der Waals surface area (Å²) in [7, 11) is 0. The molecule has 5 nitrogen and oxygen atoms in total. The zero-order valence-electron chi connectivity index (χ0n) is 16.6. The smallest absolute Gasteiger partial charge is 0.0597 e. The Hall–Kier alpha value is -1.17. The number of hydrogen-bond acceptors (Lipinski definition) is 5. The topological polar surface area (TPSA) is 61.8 Å². The molecule has 2 rings (SSSR count). The Morgan fingerprint density at radius 3 is 2.38 bits per heavy atom. The van der Waals surface area contributed by atoms with Gasteiger partial charge in [-0.05, 0) is 51.9 Å². The molecule has 2 fully saturated rings. The molecule has 2 aliphatic rings. The van der Waals surface area contributed by atoms with E-state index in [4.69, 9.17) is 23.1 Å². The van der Waals surface area contributed by atoms with Crippen LogP contribution in [-0.4, -0.2) is 66.1 Å². The van der Waals surface area contributed by atoms with Gasteiger partial charge in [-0.1, -0.05) is 31.5 Å². The number of rotatable bonds is 6. The summed E-state index contributed by atoms with van der Waals surface area (Å²) in [5.41, 5.74) is 13.0. The zero-order valence-corrected chi connectivity index (χ0v) is 17.4. The minimum absolute atomic E-state index is 0.544. The first kappa shape index (κ1) is 21.1. The Morgan fingerprint density at radius 1 is 1.15 bits per heavy atom. The summed E-state index contributed by atoms with van der Waals surface area (Å²) in [6.07, 6.45) is 8.95. The van der Waals surface area contributed by atoms with Crippen molar-refractivity contribution in [1.82, 2.24) is 14.7 Å². The predicted molar refractivity (Wildman–Crippen MR) is 112 cm³/mol. The lowest BCUT2D eigenvalue weighted by Gasteiger charge is -2.48. The van der Waals surface area contributed by atoms with Crippen molar-refractivity contribution in [3.05, 3.63) is 34.8 Å². The average Bonchev–Trinajstić information content (AvgIpc) is 2.70. The molecule has 2 saturated heterocycles. The number of piperidine rings is 1. The first-order valence-electron chi connectivity index (χ1n) is 9.98. The molecule has 0 bridgehead atoms. The fourth-order valence-corrected chi connectivity index (χ4v) is 4.34. The van der Waals surface area contributed by atoms with Gasteiger partial charge in [0.1, 0.15) is 0 Å². The van der Waals surface area contributed by atoms with Crippen molar-refractivity contribution in [1.29, 1.82) is 0 Å². The highest BCUT2D eigenvalue weighted by Crippen LogP contribution is 2.28. The normalized spacial score (nSPS) is 25.8. The third-order valence-corrected chi connectivity index (χ3v) is 6.22. The quantitative estimate of drug-likeness (QED) is 0.692. The summed E-state index contributed by atoms with van der Waals surface area (Å²) in [4.78, 5) is 7.67. The van der Waals surface area contributed by atoms with Crippen LogP contribution in [0.1, 0.15) is 40.0 Å². The van der Waals surface area contributed by atoms with Gasteiger partial charge in [0.15, 0.2) is 0 Å². The molecular weight excluding hydrogens is 346 g/mol. The molecular formula is C20H36ClN5. The Morgan fingerprint density at radius 2 is 1.85 bits per heavy atom. The van der Waals surface area contributed by atoms with Gasteiger partial charge < -0.3 is 21.3 Å². The molecule has 148 valence electrons. The molecule has 0 radical (unpaired) electrons. The third kappa shape index (κ3) is 5.18. The predicted octanol–water partition coefficient (Wildman–Crippen LogP) is 2.65. The summed E-state index contributed by atoms with van der Waals surface area (Å²) in [5, 5.41) is 0.731. The average molecular weight is 382 g/mol. The largest absolute Gasteiger partial charge is 0.403 e. The molecule has 0 saturated carbocycles. The lowest BCUT2D eigenvalue weighted by molar-refractivity contribution is 0.0256. The molecule has 0 spiro atoms. The lowest BCUT2D eigenvalue weighted by atomic mass is 9.98. The van der Waals surface area contributed by atoms with Crippen LogP contribution in [0.4, 0.5) is 0 Å². The molecule has 1 unspecified atom stereocenters. The molecule has 2 aliphatic heterocycles. The highest BCUT2D eigenvalue weighted by atomic mass is 35.5. The molecule has 4 N–H and O–H groups in total. The second kappa shape index (κ2) is 10.2. The van der Waals surface area contributed by atoms with Crippen molar-refractivity contribution in [2.75, 3.05) is 39.3 Å². The van der Waals surface area contributed by atoms with E-state index >= 15 is 0 Å². The number of nitrogens with zero attached hydrogens (tertiary/aromatic N) is 3. The van der Waals surface area contributed by atoms with Crippen molar-refractivity contribution in [2.24, 2.45) is 11.5 Å². The summed E-state index contributed by atoms with van der Waals surface area (Å²) in [5.74, 6) is 0. The van der Waals surface area contributed by atoms with Crippen molar-refractivity contribution >= 4 is 11.6 Å². The maximum absolute atomic E-state index is 6.48. The second-order valence-corrected chi connectivity index (χ2v) is 7.65. The number of piperazine rings is 1. The molecule has 0 aromatic heterocycles. The van der Waals surface area contributed by atoms with E-state index in [9.17, 15) is 0 Å². The Labute approximate surface area is 164 Å². The summed E-state index contributed by atoms with van der Waals surface area (Å²) in [6.45, 7) is 13.2. The van der Waals surface area contributed by atoms with Crippen LogP contribution in [0.25, 0.3) is 0 Å². The number of halogens is 1. The second-order valence-electron chi connectivity index (χ2n) is 7.24. The summed E-state index contributed by atoms with van der Waals surface area (Å²) in [6, 6.07) is 1.26. The molecule has 0 aromatic carbocycles. The van der Waals surface area contributed by atoms with E-state index in [2.05, 4.69) is 28.5 Å². The van der Waals surface area contributed by atoms with Crippen molar-refractivity contribution in [3.8, 4) is 0 Å². The number of allylic oxidation sites excluding steroid dienone is 3. The SMILES string of the molecule is C\C=C(Cl)/C(=C\C(N)=C\N)N1CCN(C2CCN(CC)CC2)C(CC)C1. The van der Waals surface area contributed by atoms with Crippen LogP contribution in [0.2, 0.25) is 0 Å². The van der Waals surface area contributed by atoms with Crippen molar-refractivity contribution in [3.63, 3.8) is 0 Å². The van der Waals surface area contributed by atoms with E-state index in [1.54, 1.807) is 0 Å².